The molecular weight excluding hydrogens is 264 g/mol. The van der Waals surface area contributed by atoms with Gasteiger partial charge in [-0.25, -0.2) is 0 Å². The van der Waals surface area contributed by atoms with Crippen LogP contribution in [0.25, 0.3) is 0 Å². The molecule has 0 fully saturated rings. The van der Waals surface area contributed by atoms with Gasteiger partial charge >= 0.3 is 0 Å². The van der Waals surface area contributed by atoms with Gasteiger partial charge in [-0.3, -0.25) is 14.0 Å². The van der Waals surface area contributed by atoms with E-state index in [0.29, 0.717) is 5.56 Å². The summed E-state index contributed by atoms with van der Waals surface area (Å²) in [7, 11) is 0. The SMILES string of the molecule is Cc1ccc(S(=O)[O-])c(NC(=O)c2cccnc2)c1. The number of carbonyl (C=O) groups excluding carboxylic acids is 1. The van der Waals surface area contributed by atoms with Crippen molar-refractivity contribution in [2.75, 3.05) is 5.32 Å². The number of amides is 1. The number of hydrogen-bond acceptors (Lipinski definition) is 4. The maximum Gasteiger partial charge on any atom is 0.257 e. The average molecular weight is 275 g/mol. The molecule has 1 aromatic heterocycles. The first-order valence-corrected chi connectivity index (χ1v) is 6.56. The van der Waals surface area contributed by atoms with E-state index in [-0.39, 0.29) is 10.6 Å². The largest absolute Gasteiger partial charge is 0.768 e. The molecule has 0 bridgehead atoms. The maximum atomic E-state index is 11.9. The van der Waals surface area contributed by atoms with Gasteiger partial charge in [0.15, 0.2) is 0 Å². The molecule has 6 heteroatoms. The number of anilines is 1. The molecule has 0 aliphatic rings. The lowest BCUT2D eigenvalue weighted by molar-refractivity contribution is 0.102. The Morgan fingerprint density at radius 3 is 2.79 bits per heavy atom. The second kappa shape index (κ2) is 5.73. The monoisotopic (exact) mass is 275 g/mol. The molecule has 0 saturated heterocycles. The number of aryl methyl sites for hydroxylation is 1. The molecule has 2 aromatic rings. The van der Waals surface area contributed by atoms with Gasteiger partial charge < -0.3 is 9.87 Å². The van der Waals surface area contributed by atoms with Gasteiger partial charge in [0.25, 0.3) is 5.91 Å². The van der Waals surface area contributed by atoms with Crippen LogP contribution in [0.2, 0.25) is 0 Å². The van der Waals surface area contributed by atoms with Crippen molar-refractivity contribution in [2.45, 2.75) is 11.8 Å². The number of nitrogens with zero attached hydrogens (tertiary/aromatic N) is 1. The van der Waals surface area contributed by atoms with Crippen molar-refractivity contribution < 1.29 is 13.6 Å². The van der Waals surface area contributed by atoms with Crippen LogP contribution in [0.3, 0.4) is 0 Å². The first kappa shape index (κ1) is 13.4. The standard InChI is InChI=1S/C13H12N2O3S/c1-9-4-5-12(19(17)18)11(7-9)15-13(16)10-3-2-6-14-8-10/h2-8H,1H3,(H,15,16)(H,17,18)/p-1. The molecule has 0 aliphatic carbocycles. The van der Waals surface area contributed by atoms with Crippen molar-refractivity contribution in [3.8, 4) is 0 Å². The first-order chi connectivity index (χ1) is 9.08. The molecule has 0 spiro atoms. The number of aromatic nitrogens is 1. The maximum absolute atomic E-state index is 11.9. The second-order valence-electron chi connectivity index (χ2n) is 3.93. The van der Waals surface area contributed by atoms with Gasteiger partial charge in [0.2, 0.25) is 0 Å². The normalized spacial score (nSPS) is 11.9. The molecule has 0 aliphatic heterocycles. The van der Waals surface area contributed by atoms with Gasteiger partial charge in [0.05, 0.1) is 11.3 Å². The van der Waals surface area contributed by atoms with Gasteiger partial charge in [-0.1, -0.05) is 6.07 Å². The Balaban J connectivity index is 2.31. The zero-order chi connectivity index (χ0) is 13.8. The molecule has 0 radical (unpaired) electrons. The number of rotatable bonds is 3. The van der Waals surface area contributed by atoms with E-state index >= 15 is 0 Å². The van der Waals surface area contributed by atoms with Crippen molar-refractivity contribution in [3.63, 3.8) is 0 Å². The van der Waals surface area contributed by atoms with Crippen LogP contribution in [-0.2, 0) is 11.1 Å². The highest BCUT2D eigenvalue weighted by molar-refractivity contribution is 7.79. The van der Waals surface area contributed by atoms with Crippen LogP contribution in [0.15, 0.2) is 47.6 Å². The molecule has 1 atom stereocenters. The summed E-state index contributed by atoms with van der Waals surface area (Å²) >= 11 is -2.40. The van der Waals surface area contributed by atoms with Gasteiger partial charge in [-0.05, 0) is 47.8 Å². The molecule has 1 unspecified atom stereocenters. The third kappa shape index (κ3) is 3.24. The van der Waals surface area contributed by atoms with E-state index in [2.05, 4.69) is 10.3 Å². The Morgan fingerprint density at radius 2 is 2.16 bits per heavy atom. The minimum atomic E-state index is -2.40. The molecule has 1 N–H and O–H groups in total. The number of benzene rings is 1. The average Bonchev–Trinajstić information content (AvgIpc) is 2.39. The highest BCUT2D eigenvalue weighted by atomic mass is 32.2. The number of nitrogens with one attached hydrogen (secondary N) is 1. The summed E-state index contributed by atoms with van der Waals surface area (Å²) in [5.74, 6) is -0.398. The van der Waals surface area contributed by atoms with Crippen molar-refractivity contribution in [3.05, 3.63) is 53.9 Å². The lowest BCUT2D eigenvalue weighted by atomic mass is 10.2. The minimum absolute atomic E-state index is 0.0582. The van der Waals surface area contributed by atoms with Crippen LogP contribution in [0.4, 0.5) is 5.69 Å². The van der Waals surface area contributed by atoms with Crippen molar-refractivity contribution in [1.82, 2.24) is 4.98 Å². The smallest absolute Gasteiger partial charge is 0.257 e. The number of carbonyl (C=O) groups is 1. The fraction of sp³-hybridized carbons (Fsp3) is 0.0769. The molecule has 1 aromatic carbocycles. The summed E-state index contributed by atoms with van der Waals surface area (Å²) in [5.41, 5.74) is 1.49. The van der Waals surface area contributed by atoms with E-state index < -0.39 is 17.0 Å². The van der Waals surface area contributed by atoms with Crippen LogP contribution in [0.1, 0.15) is 15.9 Å². The van der Waals surface area contributed by atoms with Gasteiger partial charge in [-0.2, -0.15) is 0 Å². The van der Waals surface area contributed by atoms with Crippen LogP contribution in [-0.4, -0.2) is 19.7 Å². The summed E-state index contributed by atoms with van der Waals surface area (Å²) < 4.78 is 22.2. The lowest BCUT2D eigenvalue weighted by Crippen LogP contribution is -2.14. The quantitative estimate of drug-likeness (QED) is 0.867. The van der Waals surface area contributed by atoms with Crippen LogP contribution >= 0.6 is 0 Å². The summed E-state index contributed by atoms with van der Waals surface area (Å²) in [5, 5.41) is 2.58. The second-order valence-corrected chi connectivity index (χ2v) is 4.84. The topological polar surface area (TPSA) is 82.1 Å². The molecule has 98 valence electrons. The van der Waals surface area contributed by atoms with Crippen molar-refractivity contribution in [2.24, 2.45) is 0 Å². The van der Waals surface area contributed by atoms with E-state index in [1.807, 2.05) is 6.92 Å². The third-order valence-electron chi connectivity index (χ3n) is 2.49. The first-order valence-electron chi connectivity index (χ1n) is 5.49. The number of hydrogen-bond donors (Lipinski definition) is 1. The highest BCUT2D eigenvalue weighted by Crippen LogP contribution is 2.21. The predicted octanol–water partition coefficient (Wildman–Crippen LogP) is 1.88. The summed E-state index contributed by atoms with van der Waals surface area (Å²) in [6.07, 6.45) is 2.97. The fourth-order valence-electron chi connectivity index (χ4n) is 1.58. The van der Waals surface area contributed by atoms with Gasteiger partial charge in [0.1, 0.15) is 0 Å². The summed E-state index contributed by atoms with van der Waals surface area (Å²) in [6.45, 7) is 1.82. The minimum Gasteiger partial charge on any atom is -0.768 e. The number of pyridine rings is 1. The molecule has 1 heterocycles. The van der Waals surface area contributed by atoms with Gasteiger partial charge in [0, 0.05) is 17.3 Å². The Labute approximate surface area is 113 Å². The van der Waals surface area contributed by atoms with Crippen LogP contribution in [0.5, 0.6) is 0 Å². The Hall–Kier alpha value is -2.05. The summed E-state index contributed by atoms with van der Waals surface area (Å²) in [4.78, 5) is 15.8. The van der Waals surface area contributed by atoms with Crippen LogP contribution in [0, 0.1) is 6.92 Å². The fourth-order valence-corrected chi connectivity index (χ4v) is 2.05. The Kier molecular flexibility index (Phi) is 4.03. The Morgan fingerprint density at radius 1 is 1.37 bits per heavy atom. The molecule has 2 rings (SSSR count). The third-order valence-corrected chi connectivity index (χ3v) is 3.20. The van der Waals surface area contributed by atoms with Gasteiger partial charge in [-0.15, -0.1) is 0 Å². The zero-order valence-corrected chi connectivity index (χ0v) is 10.9. The van der Waals surface area contributed by atoms with E-state index in [0.717, 1.165) is 5.56 Å². The van der Waals surface area contributed by atoms with Crippen molar-refractivity contribution in [1.29, 1.82) is 0 Å². The highest BCUT2D eigenvalue weighted by Gasteiger charge is 2.09. The summed E-state index contributed by atoms with van der Waals surface area (Å²) in [6, 6.07) is 7.98. The predicted molar refractivity (Wildman–Crippen MR) is 70.6 cm³/mol. The molecular formula is C13H11N2O3S-. The van der Waals surface area contributed by atoms with Crippen LogP contribution < -0.4 is 5.32 Å². The zero-order valence-electron chi connectivity index (χ0n) is 10.1. The Bertz CT molecular complexity index is 629. The van der Waals surface area contributed by atoms with Crippen molar-refractivity contribution >= 4 is 22.7 Å². The van der Waals surface area contributed by atoms with E-state index in [9.17, 15) is 13.6 Å². The molecule has 19 heavy (non-hydrogen) atoms. The van der Waals surface area contributed by atoms with E-state index in [1.54, 1.807) is 30.5 Å². The molecule has 5 nitrogen and oxygen atoms in total. The van der Waals surface area contributed by atoms with E-state index in [1.165, 1.54) is 12.3 Å². The molecule has 0 saturated carbocycles. The lowest BCUT2D eigenvalue weighted by Gasteiger charge is -2.13. The van der Waals surface area contributed by atoms with E-state index in [4.69, 9.17) is 0 Å². The molecule has 1 amide bonds.